The van der Waals surface area contributed by atoms with Crippen LogP contribution in [0, 0.1) is 0 Å². The predicted octanol–water partition coefficient (Wildman–Crippen LogP) is 17.2. The van der Waals surface area contributed by atoms with E-state index in [0.29, 0.717) is 17.4 Å². The molecule has 0 aromatic carbocycles. The highest BCUT2D eigenvalue weighted by atomic mass is 16.7. The molecule has 0 aromatic rings. The minimum atomic E-state index is -1.63. The second-order valence-electron chi connectivity index (χ2n) is 22.0. The lowest BCUT2D eigenvalue weighted by atomic mass is 10.0. The Labute approximate surface area is 462 Å². The van der Waals surface area contributed by atoms with Gasteiger partial charge in [-0.15, -0.1) is 0 Å². The molecule has 0 bridgehead atoms. The number of nitrogens with zero attached hydrogens (tertiary/aromatic N) is 1. The number of carboxylic acids is 1. The van der Waals surface area contributed by atoms with Crippen LogP contribution in [0.2, 0.25) is 0 Å². The SMILES string of the molecule is CC/C=C\C/C=C\C/C=C\CCCCCCCCCC(=O)OCC(COC(OCC[N+](C)(C)C)C(=O)[O-])OC(=O)CCCCCCCCCCCCCCCCCCCC/C=C\C/C=C\C/C=C\CCCCCCC. The number of hydrogen-bond donors (Lipinski definition) is 0. The van der Waals surface area contributed by atoms with Gasteiger partial charge in [0.2, 0.25) is 0 Å². The number of carbonyl (C=O) groups is 3. The molecule has 434 valence electrons. The lowest BCUT2D eigenvalue weighted by Gasteiger charge is -2.26. The fourth-order valence-corrected chi connectivity index (χ4v) is 8.68. The third-order valence-corrected chi connectivity index (χ3v) is 13.4. The normalized spacial score (nSPS) is 13.2. The molecule has 0 N–H and O–H groups in total. The Bertz CT molecular complexity index is 1460. The van der Waals surface area contributed by atoms with Gasteiger partial charge in [0.15, 0.2) is 12.4 Å². The molecule has 0 spiro atoms. The van der Waals surface area contributed by atoms with E-state index in [1.807, 2.05) is 21.1 Å². The monoisotopic (exact) mass is 1050 g/mol. The van der Waals surface area contributed by atoms with Gasteiger partial charge in [0.25, 0.3) is 0 Å². The smallest absolute Gasteiger partial charge is 0.306 e. The lowest BCUT2D eigenvalue weighted by Crippen LogP contribution is -2.44. The van der Waals surface area contributed by atoms with Crippen LogP contribution in [0.25, 0.3) is 0 Å². The molecule has 0 amide bonds. The third kappa shape index (κ3) is 58.3. The average Bonchev–Trinajstić information content (AvgIpc) is 3.38. The molecule has 9 nitrogen and oxygen atoms in total. The van der Waals surface area contributed by atoms with Gasteiger partial charge in [-0.25, -0.2) is 0 Å². The van der Waals surface area contributed by atoms with E-state index in [9.17, 15) is 19.5 Å². The average molecular weight is 1050 g/mol. The molecule has 2 atom stereocenters. The van der Waals surface area contributed by atoms with Crippen LogP contribution in [-0.2, 0) is 33.3 Å². The van der Waals surface area contributed by atoms with Crippen LogP contribution in [0.1, 0.15) is 271 Å². The van der Waals surface area contributed by atoms with Crippen molar-refractivity contribution in [3.8, 4) is 0 Å². The second kappa shape index (κ2) is 56.9. The molecular weight excluding hydrogens is 935 g/mol. The van der Waals surface area contributed by atoms with Gasteiger partial charge in [0.05, 0.1) is 40.3 Å². The summed E-state index contributed by atoms with van der Waals surface area (Å²) in [7, 11) is 5.92. The van der Waals surface area contributed by atoms with E-state index in [1.54, 1.807) is 0 Å². The van der Waals surface area contributed by atoms with E-state index in [0.717, 1.165) is 77.0 Å². The molecule has 0 saturated carbocycles. The molecule has 75 heavy (non-hydrogen) atoms. The Hall–Kier alpha value is -3.27. The summed E-state index contributed by atoms with van der Waals surface area (Å²) in [5, 5.41) is 11.8. The van der Waals surface area contributed by atoms with Crippen molar-refractivity contribution in [2.75, 3.05) is 47.5 Å². The summed E-state index contributed by atoms with van der Waals surface area (Å²) >= 11 is 0. The highest BCUT2D eigenvalue weighted by Crippen LogP contribution is 2.17. The summed E-state index contributed by atoms with van der Waals surface area (Å²) in [4.78, 5) is 37.3. The summed E-state index contributed by atoms with van der Waals surface area (Å²) in [5.74, 6) is -2.29. The van der Waals surface area contributed by atoms with Crippen molar-refractivity contribution in [2.24, 2.45) is 0 Å². The number of likely N-dealkylation sites (N-methyl/N-ethyl adjacent to an activating group) is 1. The van der Waals surface area contributed by atoms with E-state index in [1.165, 1.54) is 161 Å². The lowest BCUT2D eigenvalue weighted by molar-refractivity contribution is -0.870. The number of rotatable bonds is 57. The number of hydrogen-bond acceptors (Lipinski definition) is 8. The van der Waals surface area contributed by atoms with Crippen molar-refractivity contribution in [3.05, 3.63) is 72.9 Å². The Morgan fingerprint density at radius 1 is 0.413 bits per heavy atom. The number of quaternary nitrogens is 1. The van der Waals surface area contributed by atoms with Crippen LogP contribution < -0.4 is 5.11 Å². The summed E-state index contributed by atoms with van der Waals surface area (Å²) in [6, 6.07) is 0. The first-order chi connectivity index (χ1) is 36.6. The van der Waals surface area contributed by atoms with E-state index in [2.05, 4.69) is 86.8 Å². The number of unbranched alkanes of at least 4 members (excludes halogenated alkanes) is 30. The van der Waals surface area contributed by atoms with Crippen molar-refractivity contribution in [3.63, 3.8) is 0 Å². The van der Waals surface area contributed by atoms with Crippen LogP contribution in [-0.4, -0.2) is 82.3 Å². The Kier molecular flexibility index (Phi) is 54.4. The van der Waals surface area contributed by atoms with Crippen molar-refractivity contribution < 1.29 is 42.9 Å². The predicted molar refractivity (Wildman–Crippen MR) is 315 cm³/mol. The molecule has 0 heterocycles. The first-order valence-corrected chi connectivity index (χ1v) is 31.1. The molecule has 2 unspecified atom stereocenters. The van der Waals surface area contributed by atoms with Gasteiger partial charge in [0, 0.05) is 12.8 Å². The van der Waals surface area contributed by atoms with Gasteiger partial charge in [0.1, 0.15) is 13.2 Å². The number of allylic oxidation sites excluding steroid dienone is 12. The van der Waals surface area contributed by atoms with E-state index in [4.69, 9.17) is 18.9 Å². The molecule has 0 aliphatic heterocycles. The molecule has 0 aliphatic carbocycles. The Morgan fingerprint density at radius 2 is 0.760 bits per heavy atom. The number of ether oxygens (including phenoxy) is 4. The maximum absolute atomic E-state index is 12.9. The molecule has 0 aromatic heterocycles. The van der Waals surface area contributed by atoms with Crippen molar-refractivity contribution in [1.29, 1.82) is 0 Å². The minimum Gasteiger partial charge on any atom is -0.545 e. The molecule has 0 fully saturated rings. The zero-order valence-corrected chi connectivity index (χ0v) is 49.4. The van der Waals surface area contributed by atoms with Gasteiger partial charge in [-0.3, -0.25) is 9.59 Å². The van der Waals surface area contributed by atoms with Crippen molar-refractivity contribution >= 4 is 17.9 Å². The fraction of sp³-hybridized carbons (Fsp3) is 0.773. The van der Waals surface area contributed by atoms with Crippen LogP contribution >= 0.6 is 0 Å². The summed E-state index contributed by atoms with van der Waals surface area (Å²) in [6.45, 7) is 4.63. The Morgan fingerprint density at radius 3 is 1.13 bits per heavy atom. The number of carboxylic acid groups (broad SMARTS) is 1. The van der Waals surface area contributed by atoms with Crippen LogP contribution in [0.4, 0.5) is 0 Å². The first kappa shape index (κ1) is 71.7. The zero-order chi connectivity index (χ0) is 54.8. The van der Waals surface area contributed by atoms with E-state index < -0.39 is 24.3 Å². The largest absolute Gasteiger partial charge is 0.545 e. The Balaban J connectivity index is 4.11. The third-order valence-electron chi connectivity index (χ3n) is 13.4. The fourth-order valence-electron chi connectivity index (χ4n) is 8.68. The topological polar surface area (TPSA) is 111 Å². The van der Waals surface area contributed by atoms with Gasteiger partial charge in [-0.1, -0.05) is 247 Å². The summed E-state index contributed by atoms with van der Waals surface area (Å²) in [6.07, 6.45) is 71.1. The highest BCUT2D eigenvalue weighted by Gasteiger charge is 2.22. The van der Waals surface area contributed by atoms with Crippen LogP contribution in [0.15, 0.2) is 72.9 Å². The highest BCUT2D eigenvalue weighted by molar-refractivity contribution is 5.70. The number of carbonyl (C=O) groups excluding carboxylic acids is 3. The van der Waals surface area contributed by atoms with E-state index in [-0.39, 0.29) is 38.6 Å². The molecule has 0 saturated heterocycles. The molecule has 0 aliphatic rings. The van der Waals surface area contributed by atoms with Gasteiger partial charge in [-0.05, 0) is 83.5 Å². The summed E-state index contributed by atoms with van der Waals surface area (Å²) < 4.78 is 22.7. The maximum Gasteiger partial charge on any atom is 0.306 e. The number of esters is 2. The first-order valence-electron chi connectivity index (χ1n) is 31.1. The van der Waals surface area contributed by atoms with Crippen molar-refractivity contribution in [2.45, 2.75) is 283 Å². The quantitative estimate of drug-likeness (QED) is 0.0195. The van der Waals surface area contributed by atoms with Gasteiger partial charge in [-0.2, -0.15) is 0 Å². The molecule has 9 heteroatoms. The zero-order valence-electron chi connectivity index (χ0n) is 49.4. The van der Waals surface area contributed by atoms with Crippen LogP contribution in [0.3, 0.4) is 0 Å². The standard InChI is InChI=1S/C66H117NO8/c1-6-8-10-12-14-16-18-20-22-24-25-26-27-28-29-30-31-32-33-34-35-36-37-38-39-41-43-45-47-49-51-53-55-57-64(69)75-62(61-74-66(65(70)71)72-59-58-67(3,4)5)60-73-63(68)56-54-52-50-48-46-44-42-40-23-21-19-17-15-13-11-9-7-2/h9,11,15,17-18,20-21,23-25,27-28,62,66H,6-8,10,12-14,16,19,22,26,29-61H2,1-5H3/b11-9-,17-15-,20-18-,23-21-,25-24-,28-27-. The van der Waals surface area contributed by atoms with E-state index >= 15 is 0 Å². The van der Waals surface area contributed by atoms with Crippen molar-refractivity contribution in [1.82, 2.24) is 0 Å². The molecular formula is C66H117NO8. The van der Waals surface area contributed by atoms with Gasteiger partial charge < -0.3 is 33.3 Å². The van der Waals surface area contributed by atoms with Gasteiger partial charge >= 0.3 is 11.9 Å². The number of aliphatic carboxylic acids is 1. The maximum atomic E-state index is 12.9. The molecule has 0 rings (SSSR count). The second-order valence-corrected chi connectivity index (χ2v) is 22.0. The summed E-state index contributed by atoms with van der Waals surface area (Å²) in [5.41, 5.74) is 0. The molecule has 0 radical (unpaired) electrons. The minimum absolute atomic E-state index is 0.144. The van der Waals surface area contributed by atoms with Crippen LogP contribution in [0.5, 0.6) is 0 Å².